The molecule has 1 fully saturated rings. The Kier molecular flexibility index (Phi) is 4.43. The number of anilines is 2. The van der Waals surface area contributed by atoms with Crippen molar-refractivity contribution in [3.05, 3.63) is 48.2 Å². The second-order valence-corrected chi connectivity index (χ2v) is 7.73. The van der Waals surface area contributed by atoms with E-state index in [-0.39, 0.29) is 17.2 Å². The van der Waals surface area contributed by atoms with Crippen LogP contribution in [0.2, 0.25) is 0 Å². The number of hydrogen-bond donors (Lipinski definition) is 2. The summed E-state index contributed by atoms with van der Waals surface area (Å²) in [5.41, 5.74) is 0.593. The number of carbonyl (C=O) groups is 1. The lowest BCUT2D eigenvalue weighted by Gasteiger charge is -2.11. The zero-order chi connectivity index (χ0) is 17.2. The highest BCUT2D eigenvalue weighted by Crippen LogP contribution is 2.16. The van der Waals surface area contributed by atoms with Crippen LogP contribution in [0.15, 0.2) is 36.7 Å². The summed E-state index contributed by atoms with van der Waals surface area (Å²) in [6.45, 7) is 0. The fourth-order valence-corrected chi connectivity index (χ4v) is 4.11. The molecule has 1 atom stereocenters. The zero-order valence-electron chi connectivity index (χ0n) is 12.6. The van der Waals surface area contributed by atoms with E-state index in [0.29, 0.717) is 17.9 Å². The van der Waals surface area contributed by atoms with E-state index in [1.807, 2.05) is 0 Å². The van der Waals surface area contributed by atoms with Gasteiger partial charge in [0.1, 0.15) is 23.7 Å². The van der Waals surface area contributed by atoms with Gasteiger partial charge >= 0.3 is 0 Å². The number of carbonyl (C=O) groups excluding carboxylic acids is 1. The third-order valence-corrected chi connectivity index (χ3v) is 5.33. The van der Waals surface area contributed by atoms with Crippen molar-refractivity contribution in [1.82, 2.24) is 15.3 Å². The summed E-state index contributed by atoms with van der Waals surface area (Å²) in [7, 11) is -3.07. The van der Waals surface area contributed by atoms with Crippen LogP contribution < -0.4 is 10.6 Å². The van der Waals surface area contributed by atoms with Crippen molar-refractivity contribution >= 4 is 27.2 Å². The second-order valence-electron chi connectivity index (χ2n) is 5.50. The van der Waals surface area contributed by atoms with E-state index in [9.17, 15) is 17.6 Å². The number of amides is 1. The molecule has 1 aliphatic heterocycles. The van der Waals surface area contributed by atoms with E-state index < -0.39 is 27.6 Å². The molecule has 1 saturated heterocycles. The molecule has 7 nitrogen and oxygen atoms in total. The minimum absolute atomic E-state index is 0.0573. The Hall–Kier alpha value is -2.55. The summed E-state index contributed by atoms with van der Waals surface area (Å²) in [5.74, 6) is -0.511. The lowest BCUT2D eigenvalue weighted by atomic mass is 10.2. The highest BCUT2D eigenvalue weighted by Gasteiger charge is 2.29. The van der Waals surface area contributed by atoms with Crippen LogP contribution in [0.5, 0.6) is 0 Å². The fraction of sp³-hybridized carbons (Fsp3) is 0.267. The Bertz CT molecular complexity index is 873. The number of benzene rings is 1. The minimum atomic E-state index is -3.07. The van der Waals surface area contributed by atoms with Crippen LogP contribution in [0.3, 0.4) is 0 Å². The van der Waals surface area contributed by atoms with Crippen LogP contribution in [-0.2, 0) is 9.84 Å². The van der Waals surface area contributed by atoms with Crippen molar-refractivity contribution in [2.75, 3.05) is 16.8 Å². The molecule has 1 amide bonds. The molecule has 1 unspecified atom stereocenters. The van der Waals surface area contributed by atoms with Gasteiger partial charge in [-0.15, -0.1) is 0 Å². The average Bonchev–Trinajstić information content (AvgIpc) is 2.86. The van der Waals surface area contributed by atoms with Gasteiger partial charge in [-0.05, 0) is 24.6 Å². The minimum Gasteiger partial charge on any atom is -0.347 e. The molecule has 1 aromatic carbocycles. The van der Waals surface area contributed by atoms with E-state index in [1.165, 1.54) is 24.5 Å². The van der Waals surface area contributed by atoms with Gasteiger partial charge in [-0.3, -0.25) is 4.79 Å². The van der Waals surface area contributed by atoms with Crippen LogP contribution in [0.4, 0.5) is 15.9 Å². The van der Waals surface area contributed by atoms with E-state index in [2.05, 4.69) is 20.6 Å². The van der Waals surface area contributed by atoms with Crippen molar-refractivity contribution in [1.29, 1.82) is 0 Å². The molecule has 3 rings (SSSR count). The van der Waals surface area contributed by atoms with Crippen molar-refractivity contribution in [3.8, 4) is 0 Å². The van der Waals surface area contributed by atoms with Gasteiger partial charge in [-0.2, -0.15) is 0 Å². The second kappa shape index (κ2) is 6.52. The summed E-state index contributed by atoms with van der Waals surface area (Å²) in [6.07, 6.45) is 1.61. The van der Waals surface area contributed by atoms with Crippen molar-refractivity contribution < 1.29 is 17.6 Å². The van der Waals surface area contributed by atoms with Gasteiger partial charge in [0, 0.05) is 17.8 Å². The number of halogens is 1. The number of aromatic nitrogens is 2. The molecule has 0 bridgehead atoms. The summed E-state index contributed by atoms with van der Waals surface area (Å²) in [5, 5.41) is 5.53. The molecule has 2 heterocycles. The van der Waals surface area contributed by atoms with Gasteiger partial charge in [0.25, 0.3) is 5.91 Å². The molecule has 2 aromatic rings. The maximum atomic E-state index is 13.2. The highest BCUT2D eigenvalue weighted by atomic mass is 32.2. The molecule has 1 aromatic heterocycles. The maximum absolute atomic E-state index is 13.2. The Morgan fingerprint density at radius 1 is 1.25 bits per heavy atom. The summed E-state index contributed by atoms with van der Waals surface area (Å²) in [4.78, 5) is 20.1. The monoisotopic (exact) mass is 350 g/mol. The Balaban J connectivity index is 1.69. The third-order valence-electron chi connectivity index (χ3n) is 3.56. The van der Waals surface area contributed by atoms with E-state index in [0.717, 1.165) is 0 Å². The molecule has 1 aliphatic rings. The van der Waals surface area contributed by atoms with Gasteiger partial charge < -0.3 is 10.6 Å². The highest BCUT2D eigenvalue weighted by molar-refractivity contribution is 7.91. The van der Waals surface area contributed by atoms with Gasteiger partial charge in [0.05, 0.1) is 11.5 Å². The molecule has 126 valence electrons. The zero-order valence-corrected chi connectivity index (χ0v) is 13.4. The lowest BCUT2D eigenvalue weighted by molar-refractivity contribution is 0.0936. The predicted octanol–water partition coefficient (Wildman–Crippen LogP) is 1.28. The smallest absolute Gasteiger partial charge is 0.270 e. The van der Waals surface area contributed by atoms with E-state index in [4.69, 9.17) is 0 Å². The van der Waals surface area contributed by atoms with Crippen LogP contribution in [0.25, 0.3) is 0 Å². The normalized spacial score (nSPS) is 19.0. The number of nitrogens with zero attached hydrogens (tertiary/aromatic N) is 2. The molecule has 2 N–H and O–H groups in total. The van der Waals surface area contributed by atoms with Gasteiger partial charge in [0.15, 0.2) is 9.84 Å². The first-order chi connectivity index (χ1) is 11.4. The van der Waals surface area contributed by atoms with Crippen molar-refractivity contribution in [3.63, 3.8) is 0 Å². The number of rotatable bonds is 4. The first kappa shape index (κ1) is 16.3. The summed E-state index contributed by atoms with van der Waals surface area (Å²) in [6, 6.07) is 6.84. The molecular weight excluding hydrogens is 335 g/mol. The molecule has 9 heteroatoms. The Morgan fingerprint density at radius 2 is 2.08 bits per heavy atom. The first-order valence-electron chi connectivity index (χ1n) is 7.27. The number of nitrogens with one attached hydrogen (secondary N) is 2. The molecule has 0 radical (unpaired) electrons. The largest absolute Gasteiger partial charge is 0.347 e. The Labute approximate surface area is 138 Å². The SMILES string of the molecule is O=C(NC1CCS(=O)(=O)C1)c1cc(Nc2cccc(F)c2)ncn1. The fourth-order valence-electron chi connectivity index (χ4n) is 2.43. The lowest BCUT2D eigenvalue weighted by Crippen LogP contribution is -2.36. The first-order valence-corrected chi connectivity index (χ1v) is 9.09. The van der Waals surface area contributed by atoms with Crippen LogP contribution >= 0.6 is 0 Å². The van der Waals surface area contributed by atoms with Gasteiger partial charge in [0.2, 0.25) is 0 Å². The molecular formula is C15H15FN4O3S. The van der Waals surface area contributed by atoms with Crippen LogP contribution in [-0.4, -0.2) is 41.8 Å². The molecule has 0 saturated carbocycles. The summed E-state index contributed by atoms with van der Waals surface area (Å²) < 4.78 is 36.0. The topological polar surface area (TPSA) is 101 Å². The summed E-state index contributed by atoms with van der Waals surface area (Å²) >= 11 is 0. The van der Waals surface area contributed by atoms with Crippen LogP contribution in [0.1, 0.15) is 16.9 Å². The number of hydrogen-bond acceptors (Lipinski definition) is 6. The van der Waals surface area contributed by atoms with E-state index >= 15 is 0 Å². The van der Waals surface area contributed by atoms with Crippen molar-refractivity contribution in [2.24, 2.45) is 0 Å². The quantitative estimate of drug-likeness (QED) is 0.861. The predicted molar refractivity (Wildman–Crippen MR) is 86.2 cm³/mol. The Morgan fingerprint density at radius 3 is 2.79 bits per heavy atom. The standard InChI is InChI=1S/C15H15FN4O3S/c16-10-2-1-3-11(6-10)19-14-7-13(17-9-18-14)15(21)20-12-4-5-24(22,23)8-12/h1-3,6-7,9,12H,4-5,8H2,(H,20,21)(H,17,18,19). The molecule has 24 heavy (non-hydrogen) atoms. The van der Waals surface area contributed by atoms with Gasteiger partial charge in [-0.25, -0.2) is 22.8 Å². The molecule has 0 spiro atoms. The van der Waals surface area contributed by atoms with Gasteiger partial charge in [-0.1, -0.05) is 6.07 Å². The maximum Gasteiger partial charge on any atom is 0.270 e. The van der Waals surface area contributed by atoms with Crippen molar-refractivity contribution in [2.45, 2.75) is 12.5 Å². The average molecular weight is 350 g/mol. The van der Waals surface area contributed by atoms with Crippen LogP contribution in [0, 0.1) is 5.82 Å². The van der Waals surface area contributed by atoms with E-state index in [1.54, 1.807) is 12.1 Å². The molecule has 0 aliphatic carbocycles. The number of sulfone groups is 1. The third kappa shape index (κ3) is 4.05.